The standard InChI is InChI=1S/C15H17Cl2NO3/c1-10-7-18(8-11(9-19)21-10)15(20)6-5-12-13(16)3-2-4-14(12)17/h2-6,10-11,19H,7-9H2,1H3/b6-5+. The second-order valence-electron chi connectivity index (χ2n) is 4.96. The summed E-state index contributed by atoms with van der Waals surface area (Å²) >= 11 is 12.1. The normalized spacial score (nSPS) is 22.8. The van der Waals surface area contributed by atoms with Gasteiger partial charge in [-0.2, -0.15) is 0 Å². The molecule has 0 saturated carbocycles. The van der Waals surface area contributed by atoms with Gasteiger partial charge in [0.15, 0.2) is 0 Å². The van der Waals surface area contributed by atoms with Crippen LogP contribution in [0.1, 0.15) is 12.5 Å². The Morgan fingerprint density at radius 3 is 2.71 bits per heavy atom. The maximum atomic E-state index is 12.2. The average molecular weight is 330 g/mol. The third-order valence-corrected chi connectivity index (χ3v) is 3.89. The molecule has 21 heavy (non-hydrogen) atoms. The van der Waals surface area contributed by atoms with Crippen LogP contribution < -0.4 is 0 Å². The molecular weight excluding hydrogens is 313 g/mol. The first kappa shape index (κ1) is 16.3. The number of benzene rings is 1. The number of nitrogens with zero attached hydrogens (tertiary/aromatic N) is 1. The van der Waals surface area contributed by atoms with E-state index < -0.39 is 0 Å². The second-order valence-corrected chi connectivity index (χ2v) is 5.78. The number of hydrogen-bond acceptors (Lipinski definition) is 3. The van der Waals surface area contributed by atoms with E-state index in [1.54, 1.807) is 29.2 Å². The number of ether oxygens (including phenoxy) is 1. The van der Waals surface area contributed by atoms with Crippen LogP contribution in [-0.4, -0.2) is 47.8 Å². The van der Waals surface area contributed by atoms with E-state index >= 15 is 0 Å². The number of morpholine rings is 1. The number of carbonyl (C=O) groups is 1. The van der Waals surface area contributed by atoms with E-state index in [4.69, 9.17) is 27.9 Å². The molecule has 1 amide bonds. The van der Waals surface area contributed by atoms with Crippen LogP contribution in [0.5, 0.6) is 0 Å². The summed E-state index contributed by atoms with van der Waals surface area (Å²) in [4.78, 5) is 13.9. The first-order chi connectivity index (χ1) is 10.0. The van der Waals surface area contributed by atoms with Crippen molar-refractivity contribution >= 4 is 35.2 Å². The largest absolute Gasteiger partial charge is 0.394 e. The third-order valence-electron chi connectivity index (χ3n) is 3.23. The summed E-state index contributed by atoms with van der Waals surface area (Å²) in [6, 6.07) is 5.19. The van der Waals surface area contributed by atoms with E-state index in [1.165, 1.54) is 6.08 Å². The molecular formula is C15H17Cl2NO3. The molecule has 2 atom stereocenters. The van der Waals surface area contributed by atoms with E-state index in [1.807, 2.05) is 6.92 Å². The lowest BCUT2D eigenvalue weighted by atomic mass is 10.2. The highest BCUT2D eigenvalue weighted by atomic mass is 35.5. The number of hydrogen-bond donors (Lipinski definition) is 1. The van der Waals surface area contributed by atoms with Crippen molar-refractivity contribution in [2.24, 2.45) is 0 Å². The molecule has 2 rings (SSSR count). The smallest absolute Gasteiger partial charge is 0.246 e. The van der Waals surface area contributed by atoms with Gasteiger partial charge in [0.05, 0.1) is 18.8 Å². The molecule has 1 saturated heterocycles. The Balaban J connectivity index is 2.08. The zero-order valence-electron chi connectivity index (χ0n) is 11.6. The van der Waals surface area contributed by atoms with Crippen LogP contribution in [0.3, 0.4) is 0 Å². The topological polar surface area (TPSA) is 49.8 Å². The minimum Gasteiger partial charge on any atom is -0.394 e. The zero-order valence-corrected chi connectivity index (χ0v) is 13.1. The fourth-order valence-corrected chi connectivity index (χ4v) is 2.78. The molecule has 0 bridgehead atoms. The van der Waals surface area contributed by atoms with Crippen molar-refractivity contribution in [3.8, 4) is 0 Å². The molecule has 1 aliphatic rings. The highest BCUT2D eigenvalue weighted by Gasteiger charge is 2.26. The average Bonchev–Trinajstić information content (AvgIpc) is 2.45. The molecule has 0 spiro atoms. The Morgan fingerprint density at radius 1 is 1.43 bits per heavy atom. The molecule has 2 unspecified atom stereocenters. The first-order valence-corrected chi connectivity index (χ1v) is 7.44. The molecule has 0 aromatic heterocycles. The fourth-order valence-electron chi connectivity index (χ4n) is 2.26. The Bertz CT molecular complexity index is 527. The molecule has 0 radical (unpaired) electrons. The van der Waals surface area contributed by atoms with Gasteiger partial charge in [0.2, 0.25) is 5.91 Å². The molecule has 6 heteroatoms. The number of aliphatic hydroxyl groups excluding tert-OH is 1. The zero-order chi connectivity index (χ0) is 15.4. The van der Waals surface area contributed by atoms with Crippen LogP contribution >= 0.6 is 23.2 Å². The summed E-state index contributed by atoms with van der Waals surface area (Å²) in [5, 5.41) is 10.2. The van der Waals surface area contributed by atoms with E-state index in [9.17, 15) is 9.90 Å². The molecule has 1 aromatic carbocycles. The molecule has 1 aliphatic heterocycles. The maximum absolute atomic E-state index is 12.2. The predicted molar refractivity (Wildman–Crippen MR) is 83.5 cm³/mol. The van der Waals surface area contributed by atoms with Gasteiger partial charge in [0, 0.05) is 34.8 Å². The van der Waals surface area contributed by atoms with Gasteiger partial charge in [-0.1, -0.05) is 29.3 Å². The van der Waals surface area contributed by atoms with E-state index in [0.717, 1.165) is 0 Å². The second kappa shape index (κ2) is 7.27. The summed E-state index contributed by atoms with van der Waals surface area (Å²) in [6.45, 7) is 2.64. The monoisotopic (exact) mass is 329 g/mol. The van der Waals surface area contributed by atoms with Crippen molar-refractivity contribution in [3.05, 3.63) is 39.9 Å². The number of carbonyl (C=O) groups excluding carboxylic acids is 1. The van der Waals surface area contributed by atoms with E-state index in [0.29, 0.717) is 28.7 Å². The van der Waals surface area contributed by atoms with Crippen molar-refractivity contribution < 1.29 is 14.6 Å². The Kier molecular flexibility index (Phi) is 5.65. The van der Waals surface area contributed by atoms with Crippen molar-refractivity contribution in [2.75, 3.05) is 19.7 Å². The molecule has 4 nitrogen and oxygen atoms in total. The summed E-state index contributed by atoms with van der Waals surface area (Å²) in [5.41, 5.74) is 0.620. The van der Waals surface area contributed by atoms with Gasteiger partial charge in [-0.25, -0.2) is 0 Å². The summed E-state index contributed by atoms with van der Waals surface area (Å²) in [7, 11) is 0. The fraction of sp³-hybridized carbons (Fsp3) is 0.400. The van der Waals surface area contributed by atoms with Gasteiger partial charge in [0.1, 0.15) is 0 Å². The number of aliphatic hydroxyl groups is 1. The van der Waals surface area contributed by atoms with Gasteiger partial charge in [0.25, 0.3) is 0 Å². The Hall–Kier alpha value is -1.07. The van der Waals surface area contributed by atoms with Crippen LogP contribution in [-0.2, 0) is 9.53 Å². The maximum Gasteiger partial charge on any atom is 0.246 e. The van der Waals surface area contributed by atoms with Gasteiger partial charge < -0.3 is 14.7 Å². The van der Waals surface area contributed by atoms with Crippen LogP contribution in [0.4, 0.5) is 0 Å². The third kappa shape index (κ3) is 4.20. The highest BCUT2D eigenvalue weighted by molar-refractivity contribution is 6.37. The van der Waals surface area contributed by atoms with Crippen LogP contribution in [0.15, 0.2) is 24.3 Å². The molecule has 1 fully saturated rings. The summed E-state index contributed by atoms with van der Waals surface area (Å²) in [6.07, 6.45) is 2.62. The van der Waals surface area contributed by atoms with Crippen LogP contribution in [0.25, 0.3) is 6.08 Å². The number of amides is 1. The number of halogens is 2. The quantitative estimate of drug-likeness (QED) is 0.867. The van der Waals surface area contributed by atoms with Gasteiger partial charge in [-0.3, -0.25) is 4.79 Å². The minimum atomic E-state index is -0.338. The molecule has 114 valence electrons. The van der Waals surface area contributed by atoms with E-state index in [2.05, 4.69) is 0 Å². The van der Waals surface area contributed by atoms with Crippen molar-refractivity contribution in [2.45, 2.75) is 19.1 Å². The van der Waals surface area contributed by atoms with Crippen molar-refractivity contribution in [3.63, 3.8) is 0 Å². The lowest BCUT2D eigenvalue weighted by Gasteiger charge is -2.35. The van der Waals surface area contributed by atoms with Gasteiger partial charge in [-0.15, -0.1) is 0 Å². The lowest BCUT2D eigenvalue weighted by Crippen LogP contribution is -2.49. The SMILES string of the molecule is CC1CN(C(=O)/C=C/c2c(Cl)cccc2Cl)CC(CO)O1. The van der Waals surface area contributed by atoms with Gasteiger partial charge in [-0.05, 0) is 25.1 Å². The van der Waals surface area contributed by atoms with Crippen molar-refractivity contribution in [1.29, 1.82) is 0 Å². The van der Waals surface area contributed by atoms with Crippen LogP contribution in [0.2, 0.25) is 10.0 Å². The molecule has 1 N–H and O–H groups in total. The molecule has 0 aliphatic carbocycles. The number of rotatable bonds is 3. The summed E-state index contributed by atoms with van der Waals surface area (Å²) in [5.74, 6) is -0.153. The van der Waals surface area contributed by atoms with Crippen molar-refractivity contribution in [1.82, 2.24) is 4.90 Å². The predicted octanol–water partition coefficient (Wildman–Crippen LogP) is 2.61. The van der Waals surface area contributed by atoms with E-state index in [-0.39, 0.29) is 24.7 Å². The molecule has 1 heterocycles. The highest BCUT2D eigenvalue weighted by Crippen LogP contribution is 2.25. The molecule has 1 aromatic rings. The van der Waals surface area contributed by atoms with Crippen LogP contribution in [0, 0.1) is 0 Å². The lowest BCUT2D eigenvalue weighted by molar-refractivity contribution is -0.142. The summed E-state index contributed by atoms with van der Waals surface area (Å²) < 4.78 is 5.51. The first-order valence-electron chi connectivity index (χ1n) is 6.68. The minimum absolute atomic E-state index is 0.0999. The Labute approximate surface area is 133 Å². The Morgan fingerprint density at radius 2 is 2.10 bits per heavy atom. The van der Waals surface area contributed by atoms with Gasteiger partial charge >= 0.3 is 0 Å².